The fraction of sp³-hybridized carbons (Fsp3) is 1.00. The average Bonchev–Trinajstić information content (AvgIpc) is 2.55. The maximum absolute atomic E-state index is 6.31. The molecule has 1 saturated heterocycles. The molecule has 2 aliphatic rings. The summed E-state index contributed by atoms with van der Waals surface area (Å²) in [5.41, 5.74) is 6.31. The van der Waals surface area contributed by atoms with Crippen molar-refractivity contribution in [3.05, 3.63) is 0 Å². The summed E-state index contributed by atoms with van der Waals surface area (Å²) < 4.78 is 5.56. The molecule has 1 saturated carbocycles. The van der Waals surface area contributed by atoms with Crippen molar-refractivity contribution in [1.82, 2.24) is 4.90 Å². The van der Waals surface area contributed by atoms with E-state index < -0.39 is 0 Å². The zero-order chi connectivity index (χ0) is 12.1. The third kappa shape index (κ3) is 3.94. The van der Waals surface area contributed by atoms with Gasteiger partial charge in [0.1, 0.15) is 0 Å². The molecule has 17 heavy (non-hydrogen) atoms. The summed E-state index contributed by atoms with van der Waals surface area (Å²) in [5, 5.41) is 0. The fourth-order valence-corrected chi connectivity index (χ4v) is 3.36. The van der Waals surface area contributed by atoms with Gasteiger partial charge >= 0.3 is 0 Å². The molecule has 3 heteroatoms. The van der Waals surface area contributed by atoms with Gasteiger partial charge in [-0.25, -0.2) is 0 Å². The highest BCUT2D eigenvalue weighted by Crippen LogP contribution is 2.22. The van der Waals surface area contributed by atoms with Crippen LogP contribution in [-0.2, 0) is 4.74 Å². The predicted octanol–water partition coefficient (Wildman–Crippen LogP) is 2.00. The van der Waals surface area contributed by atoms with E-state index >= 15 is 0 Å². The van der Waals surface area contributed by atoms with Crippen molar-refractivity contribution in [2.24, 2.45) is 11.7 Å². The Balaban J connectivity index is 1.81. The van der Waals surface area contributed by atoms with Crippen molar-refractivity contribution in [2.75, 3.05) is 26.8 Å². The lowest BCUT2D eigenvalue weighted by molar-refractivity contribution is 0.0335. The summed E-state index contributed by atoms with van der Waals surface area (Å²) in [6.45, 7) is 3.08. The maximum atomic E-state index is 6.31. The van der Waals surface area contributed by atoms with E-state index in [4.69, 9.17) is 10.5 Å². The van der Waals surface area contributed by atoms with E-state index in [-0.39, 0.29) is 0 Å². The van der Waals surface area contributed by atoms with Gasteiger partial charge in [0.2, 0.25) is 0 Å². The number of hydrogen-bond donors (Lipinski definition) is 1. The summed E-state index contributed by atoms with van der Waals surface area (Å²) in [7, 11) is 2.25. The number of nitrogens with two attached hydrogens (primary N) is 1. The van der Waals surface area contributed by atoms with E-state index in [1.165, 1.54) is 51.5 Å². The molecule has 100 valence electrons. The van der Waals surface area contributed by atoms with Crippen LogP contribution in [0.3, 0.4) is 0 Å². The van der Waals surface area contributed by atoms with Crippen LogP contribution in [0.15, 0.2) is 0 Å². The van der Waals surface area contributed by atoms with Crippen LogP contribution >= 0.6 is 0 Å². The molecule has 0 bridgehead atoms. The van der Waals surface area contributed by atoms with Crippen LogP contribution < -0.4 is 5.73 Å². The molecule has 1 aliphatic carbocycles. The van der Waals surface area contributed by atoms with Crippen LogP contribution in [0.2, 0.25) is 0 Å². The highest BCUT2D eigenvalue weighted by atomic mass is 16.5. The standard InChI is InChI=1S/C14H28N2O/c1-16(10-12-6-5-9-17-11-12)14-8-4-2-3-7-13(14)15/h12-14H,2-11,15H2,1H3. The first-order valence-corrected chi connectivity index (χ1v) is 7.31. The molecule has 3 nitrogen and oxygen atoms in total. The summed E-state index contributed by atoms with van der Waals surface area (Å²) in [4.78, 5) is 2.51. The van der Waals surface area contributed by atoms with Crippen LogP contribution in [-0.4, -0.2) is 43.8 Å². The first-order valence-electron chi connectivity index (χ1n) is 7.31. The molecule has 3 atom stereocenters. The van der Waals surface area contributed by atoms with Gasteiger partial charge in [-0.05, 0) is 38.6 Å². The minimum Gasteiger partial charge on any atom is -0.381 e. The minimum absolute atomic E-state index is 0.381. The van der Waals surface area contributed by atoms with Crippen LogP contribution in [0.5, 0.6) is 0 Å². The Kier molecular flexibility index (Phi) is 5.26. The Morgan fingerprint density at radius 3 is 2.71 bits per heavy atom. The van der Waals surface area contributed by atoms with Gasteiger partial charge in [0.15, 0.2) is 0 Å². The molecule has 1 heterocycles. The van der Waals surface area contributed by atoms with Crippen molar-refractivity contribution < 1.29 is 4.74 Å². The maximum Gasteiger partial charge on any atom is 0.0506 e. The first kappa shape index (κ1) is 13.3. The van der Waals surface area contributed by atoms with Crippen LogP contribution in [0.25, 0.3) is 0 Å². The zero-order valence-corrected chi connectivity index (χ0v) is 11.2. The lowest BCUT2D eigenvalue weighted by Crippen LogP contribution is -2.47. The van der Waals surface area contributed by atoms with Gasteiger partial charge in [-0.1, -0.05) is 19.3 Å². The van der Waals surface area contributed by atoms with Crippen molar-refractivity contribution in [3.8, 4) is 0 Å². The van der Waals surface area contributed by atoms with Crippen molar-refractivity contribution in [3.63, 3.8) is 0 Å². The molecule has 3 unspecified atom stereocenters. The molecular formula is C14H28N2O. The minimum atomic E-state index is 0.381. The van der Waals surface area contributed by atoms with E-state index in [0.29, 0.717) is 12.1 Å². The molecule has 0 amide bonds. The van der Waals surface area contributed by atoms with E-state index in [2.05, 4.69) is 11.9 Å². The number of ether oxygens (including phenoxy) is 1. The molecule has 2 rings (SSSR count). The van der Waals surface area contributed by atoms with Crippen LogP contribution in [0, 0.1) is 5.92 Å². The van der Waals surface area contributed by atoms with Crippen molar-refractivity contribution >= 4 is 0 Å². The monoisotopic (exact) mass is 240 g/mol. The van der Waals surface area contributed by atoms with Crippen LogP contribution in [0.1, 0.15) is 44.9 Å². The van der Waals surface area contributed by atoms with Gasteiger partial charge in [0, 0.05) is 25.2 Å². The largest absolute Gasteiger partial charge is 0.381 e. The lowest BCUT2D eigenvalue weighted by atomic mass is 9.98. The van der Waals surface area contributed by atoms with Gasteiger partial charge in [-0.3, -0.25) is 0 Å². The Bertz CT molecular complexity index is 216. The molecule has 0 aromatic carbocycles. The molecule has 0 aromatic heterocycles. The molecule has 0 spiro atoms. The Morgan fingerprint density at radius 2 is 1.94 bits per heavy atom. The molecule has 0 radical (unpaired) electrons. The molecule has 1 aliphatic heterocycles. The summed E-state index contributed by atoms with van der Waals surface area (Å²) in [5.74, 6) is 0.726. The topological polar surface area (TPSA) is 38.5 Å². The Labute approximate surface area is 106 Å². The van der Waals surface area contributed by atoms with E-state index in [1.54, 1.807) is 0 Å². The second kappa shape index (κ2) is 6.72. The number of likely N-dealkylation sites (N-methyl/N-ethyl adjacent to an activating group) is 1. The van der Waals surface area contributed by atoms with Gasteiger partial charge < -0.3 is 15.4 Å². The van der Waals surface area contributed by atoms with Gasteiger partial charge in [-0.2, -0.15) is 0 Å². The number of hydrogen-bond acceptors (Lipinski definition) is 3. The summed E-state index contributed by atoms with van der Waals surface area (Å²) in [6.07, 6.45) is 9.08. The molecule has 2 fully saturated rings. The quantitative estimate of drug-likeness (QED) is 0.767. The van der Waals surface area contributed by atoms with Gasteiger partial charge in [0.25, 0.3) is 0 Å². The van der Waals surface area contributed by atoms with E-state index in [0.717, 1.165) is 19.1 Å². The Hall–Kier alpha value is -0.120. The molecule has 2 N–H and O–H groups in total. The van der Waals surface area contributed by atoms with Crippen LogP contribution in [0.4, 0.5) is 0 Å². The number of rotatable bonds is 3. The second-order valence-electron chi connectivity index (χ2n) is 5.89. The van der Waals surface area contributed by atoms with E-state index in [9.17, 15) is 0 Å². The predicted molar refractivity (Wildman–Crippen MR) is 71.0 cm³/mol. The second-order valence-corrected chi connectivity index (χ2v) is 5.89. The first-order chi connectivity index (χ1) is 8.27. The molecular weight excluding hydrogens is 212 g/mol. The normalized spacial score (nSPS) is 35.8. The average molecular weight is 240 g/mol. The lowest BCUT2D eigenvalue weighted by Gasteiger charge is -2.35. The number of nitrogens with zero attached hydrogens (tertiary/aromatic N) is 1. The zero-order valence-electron chi connectivity index (χ0n) is 11.2. The van der Waals surface area contributed by atoms with Gasteiger partial charge in [0.05, 0.1) is 6.61 Å². The summed E-state index contributed by atoms with van der Waals surface area (Å²) in [6, 6.07) is 0.978. The summed E-state index contributed by atoms with van der Waals surface area (Å²) >= 11 is 0. The SMILES string of the molecule is CN(CC1CCCOC1)C1CCCCCC1N. The highest BCUT2D eigenvalue weighted by Gasteiger charge is 2.26. The van der Waals surface area contributed by atoms with Gasteiger partial charge in [-0.15, -0.1) is 0 Å². The smallest absolute Gasteiger partial charge is 0.0506 e. The third-order valence-electron chi connectivity index (χ3n) is 4.40. The fourth-order valence-electron chi connectivity index (χ4n) is 3.36. The Morgan fingerprint density at radius 1 is 1.12 bits per heavy atom. The van der Waals surface area contributed by atoms with E-state index in [1.807, 2.05) is 0 Å². The third-order valence-corrected chi connectivity index (χ3v) is 4.40. The van der Waals surface area contributed by atoms with Crippen molar-refractivity contribution in [2.45, 2.75) is 57.0 Å². The van der Waals surface area contributed by atoms with Crippen molar-refractivity contribution in [1.29, 1.82) is 0 Å². The highest BCUT2D eigenvalue weighted by molar-refractivity contribution is 4.84. The molecule has 0 aromatic rings.